The van der Waals surface area contributed by atoms with E-state index in [-0.39, 0.29) is 0 Å². The number of ether oxygens (including phenoxy) is 1. The van der Waals surface area contributed by atoms with Crippen molar-refractivity contribution < 1.29 is 4.74 Å². The number of hydrogen-bond acceptors (Lipinski definition) is 3. The van der Waals surface area contributed by atoms with Crippen LogP contribution < -0.4 is 5.32 Å². The summed E-state index contributed by atoms with van der Waals surface area (Å²) in [6.07, 6.45) is 1.04. The fourth-order valence-corrected chi connectivity index (χ4v) is 1.85. The summed E-state index contributed by atoms with van der Waals surface area (Å²) in [7, 11) is 1.75. The van der Waals surface area contributed by atoms with Crippen LogP contribution in [0.25, 0.3) is 0 Å². The van der Waals surface area contributed by atoms with Gasteiger partial charge in [0.2, 0.25) is 0 Å². The number of pyridine rings is 1. The first kappa shape index (κ1) is 14.1. The summed E-state index contributed by atoms with van der Waals surface area (Å²) in [4.78, 5) is 4.49. The smallest absolute Gasteiger partial charge is 0.0544 e. The second-order valence-corrected chi connectivity index (χ2v) is 4.78. The number of nitrogens with zero attached hydrogens (tertiary/aromatic N) is 1. The maximum Gasteiger partial charge on any atom is 0.0544 e. The van der Waals surface area contributed by atoms with Gasteiger partial charge in [0.05, 0.1) is 5.69 Å². The lowest BCUT2D eigenvalue weighted by Gasteiger charge is -2.22. The van der Waals surface area contributed by atoms with Crippen molar-refractivity contribution >= 4 is 0 Å². The number of methoxy groups -OCH3 is 1. The number of nitrogens with one attached hydrogen (secondary N) is 1. The van der Waals surface area contributed by atoms with Crippen molar-refractivity contribution in [3.8, 4) is 0 Å². The second-order valence-electron chi connectivity index (χ2n) is 4.78. The quantitative estimate of drug-likeness (QED) is 0.790. The molecule has 0 radical (unpaired) electrons. The highest BCUT2D eigenvalue weighted by Gasteiger charge is 2.12. The van der Waals surface area contributed by atoms with Gasteiger partial charge in [-0.2, -0.15) is 0 Å². The monoisotopic (exact) mass is 236 g/mol. The van der Waals surface area contributed by atoms with Crippen molar-refractivity contribution in [2.24, 2.45) is 5.92 Å². The lowest BCUT2D eigenvalue weighted by atomic mass is 10.0. The lowest BCUT2D eigenvalue weighted by Crippen LogP contribution is -2.34. The van der Waals surface area contributed by atoms with E-state index in [2.05, 4.69) is 36.3 Å². The Morgan fingerprint density at radius 2 is 2.12 bits per heavy atom. The molecule has 1 N–H and O–H groups in total. The minimum atomic E-state index is 0.484. The number of aromatic nitrogens is 1. The Bertz CT molecular complexity index is 326. The topological polar surface area (TPSA) is 34.1 Å². The Morgan fingerprint density at radius 3 is 2.71 bits per heavy atom. The van der Waals surface area contributed by atoms with Crippen LogP contribution in [-0.2, 0) is 11.3 Å². The highest BCUT2D eigenvalue weighted by atomic mass is 16.5. The molecule has 0 fully saturated rings. The molecule has 1 rings (SSSR count). The van der Waals surface area contributed by atoms with E-state index in [1.165, 1.54) is 0 Å². The fourth-order valence-electron chi connectivity index (χ4n) is 1.85. The van der Waals surface area contributed by atoms with Gasteiger partial charge in [0.15, 0.2) is 0 Å². The van der Waals surface area contributed by atoms with Crippen LogP contribution in [0.3, 0.4) is 0 Å². The predicted octanol–water partition coefficient (Wildman–Crippen LogP) is 2.54. The molecule has 0 spiro atoms. The molecule has 0 aliphatic rings. The molecule has 0 saturated heterocycles. The van der Waals surface area contributed by atoms with Gasteiger partial charge >= 0.3 is 0 Å². The van der Waals surface area contributed by atoms with Crippen LogP contribution in [0.15, 0.2) is 18.2 Å². The van der Waals surface area contributed by atoms with E-state index in [0.717, 1.165) is 31.0 Å². The third-order valence-corrected chi connectivity index (χ3v) is 2.93. The lowest BCUT2D eigenvalue weighted by molar-refractivity contribution is 0.173. The van der Waals surface area contributed by atoms with E-state index >= 15 is 0 Å². The van der Waals surface area contributed by atoms with Gasteiger partial charge in [-0.3, -0.25) is 4.98 Å². The molecule has 1 atom stereocenters. The molecule has 3 heteroatoms. The SMILES string of the molecule is COCC[C@@H](NCc1cccc(C)n1)C(C)C. The first-order valence-corrected chi connectivity index (χ1v) is 6.28. The number of hydrogen-bond donors (Lipinski definition) is 1. The van der Waals surface area contributed by atoms with E-state index in [1.54, 1.807) is 7.11 Å². The van der Waals surface area contributed by atoms with Crippen LogP contribution in [0.2, 0.25) is 0 Å². The molecule has 0 unspecified atom stereocenters. The zero-order chi connectivity index (χ0) is 12.7. The maximum atomic E-state index is 5.14. The van der Waals surface area contributed by atoms with E-state index in [0.29, 0.717) is 12.0 Å². The fraction of sp³-hybridized carbons (Fsp3) is 0.643. The van der Waals surface area contributed by atoms with Crippen molar-refractivity contribution in [2.45, 2.75) is 39.8 Å². The zero-order valence-electron chi connectivity index (χ0n) is 11.4. The third-order valence-electron chi connectivity index (χ3n) is 2.93. The van der Waals surface area contributed by atoms with Gasteiger partial charge in [0.25, 0.3) is 0 Å². The van der Waals surface area contributed by atoms with Crippen LogP contribution in [0, 0.1) is 12.8 Å². The van der Waals surface area contributed by atoms with Crippen LogP contribution in [0.4, 0.5) is 0 Å². The molecular formula is C14H24N2O. The predicted molar refractivity (Wildman–Crippen MR) is 70.9 cm³/mol. The van der Waals surface area contributed by atoms with Crippen LogP contribution in [-0.4, -0.2) is 24.7 Å². The summed E-state index contributed by atoms with van der Waals surface area (Å²) in [5.41, 5.74) is 2.18. The van der Waals surface area contributed by atoms with Gasteiger partial charge in [0.1, 0.15) is 0 Å². The molecule has 1 aromatic rings. The Labute approximate surface area is 105 Å². The Hall–Kier alpha value is -0.930. The van der Waals surface area contributed by atoms with Gasteiger partial charge in [-0.1, -0.05) is 19.9 Å². The van der Waals surface area contributed by atoms with Gasteiger partial charge in [-0.25, -0.2) is 0 Å². The zero-order valence-corrected chi connectivity index (χ0v) is 11.4. The Kier molecular flexibility index (Phi) is 6.16. The third kappa shape index (κ3) is 5.29. The summed E-state index contributed by atoms with van der Waals surface area (Å²) in [6, 6.07) is 6.62. The molecular weight excluding hydrogens is 212 g/mol. The summed E-state index contributed by atoms with van der Waals surface area (Å²) in [5, 5.41) is 3.56. The van der Waals surface area contributed by atoms with Crippen LogP contribution in [0.5, 0.6) is 0 Å². The van der Waals surface area contributed by atoms with Crippen molar-refractivity contribution in [2.75, 3.05) is 13.7 Å². The summed E-state index contributed by atoms with van der Waals surface area (Å²) < 4.78 is 5.14. The second kappa shape index (κ2) is 7.41. The summed E-state index contributed by atoms with van der Waals surface area (Å²) in [5.74, 6) is 0.606. The van der Waals surface area contributed by atoms with Gasteiger partial charge < -0.3 is 10.1 Å². The van der Waals surface area contributed by atoms with Gasteiger partial charge in [0, 0.05) is 32.0 Å². The Morgan fingerprint density at radius 1 is 1.35 bits per heavy atom. The van der Waals surface area contributed by atoms with Crippen molar-refractivity contribution in [1.29, 1.82) is 0 Å². The minimum Gasteiger partial charge on any atom is -0.385 e. The van der Waals surface area contributed by atoms with E-state index in [4.69, 9.17) is 4.74 Å². The summed E-state index contributed by atoms with van der Waals surface area (Å²) in [6.45, 7) is 8.12. The molecule has 1 heterocycles. The molecule has 0 bridgehead atoms. The number of aryl methyl sites for hydroxylation is 1. The highest BCUT2D eigenvalue weighted by Crippen LogP contribution is 2.07. The first-order valence-electron chi connectivity index (χ1n) is 6.28. The van der Waals surface area contributed by atoms with Crippen LogP contribution >= 0.6 is 0 Å². The molecule has 0 aromatic carbocycles. The van der Waals surface area contributed by atoms with Crippen molar-refractivity contribution in [3.05, 3.63) is 29.6 Å². The standard InChI is InChI=1S/C14H24N2O/c1-11(2)14(8-9-17-4)15-10-13-7-5-6-12(3)16-13/h5-7,11,14-15H,8-10H2,1-4H3/t14-/m1/s1. The van der Waals surface area contributed by atoms with Crippen molar-refractivity contribution in [3.63, 3.8) is 0 Å². The molecule has 96 valence electrons. The molecule has 0 saturated carbocycles. The van der Waals surface area contributed by atoms with E-state index in [1.807, 2.05) is 13.0 Å². The molecule has 0 aliphatic carbocycles. The minimum absolute atomic E-state index is 0.484. The van der Waals surface area contributed by atoms with Gasteiger partial charge in [-0.05, 0) is 31.4 Å². The molecule has 0 amide bonds. The molecule has 1 aromatic heterocycles. The molecule has 3 nitrogen and oxygen atoms in total. The summed E-state index contributed by atoms with van der Waals surface area (Å²) >= 11 is 0. The average Bonchev–Trinajstić information content (AvgIpc) is 2.28. The maximum absolute atomic E-state index is 5.14. The number of rotatable bonds is 7. The first-order chi connectivity index (χ1) is 8.13. The Balaban J connectivity index is 2.45. The largest absolute Gasteiger partial charge is 0.385 e. The normalized spacial score (nSPS) is 13.0. The molecule has 0 aliphatic heterocycles. The molecule has 17 heavy (non-hydrogen) atoms. The highest BCUT2D eigenvalue weighted by molar-refractivity contribution is 5.09. The van der Waals surface area contributed by atoms with Crippen LogP contribution in [0.1, 0.15) is 31.7 Å². The van der Waals surface area contributed by atoms with Crippen molar-refractivity contribution in [1.82, 2.24) is 10.3 Å². The average molecular weight is 236 g/mol. The van der Waals surface area contributed by atoms with E-state index < -0.39 is 0 Å². The van der Waals surface area contributed by atoms with E-state index in [9.17, 15) is 0 Å². The van der Waals surface area contributed by atoms with Gasteiger partial charge in [-0.15, -0.1) is 0 Å².